The molecule has 2 heterocycles. The smallest absolute Gasteiger partial charge is 0.161 e. The lowest BCUT2D eigenvalue weighted by molar-refractivity contribution is 0.0470. The summed E-state index contributed by atoms with van der Waals surface area (Å²) in [7, 11) is 3.38. The molecule has 0 amide bonds. The molecule has 2 saturated heterocycles. The third kappa shape index (κ3) is 2.87. The van der Waals surface area contributed by atoms with Gasteiger partial charge in [0.25, 0.3) is 0 Å². The van der Waals surface area contributed by atoms with Gasteiger partial charge in [-0.1, -0.05) is 6.07 Å². The number of fused-ring (bicyclic) bond motifs is 1. The summed E-state index contributed by atoms with van der Waals surface area (Å²) in [6.07, 6.45) is 2.71. The van der Waals surface area contributed by atoms with Gasteiger partial charge in [0.1, 0.15) is 0 Å². The Balaban J connectivity index is 1.71. The molecule has 4 nitrogen and oxygen atoms in total. The first kappa shape index (κ1) is 14.7. The lowest BCUT2D eigenvalue weighted by Crippen LogP contribution is -2.55. The molecular weight excluding hydrogens is 264 g/mol. The molecule has 0 aliphatic carbocycles. The molecule has 2 fully saturated rings. The van der Waals surface area contributed by atoms with Crippen molar-refractivity contribution in [1.82, 2.24) is 9.80 Å². The van der Waals surface area contributed by atoms with Crippen LogP contribution < -0.4 is 9.47 Å². The van der Waals surface area contributed by atoms with Crippen molar-refractivity contribution in [2.24, 2.45) is 0 Å². The second-order valence-electron chi connectivity index (χ2n) is 6.15. The lowest BCUT2D eigenvalue weighted by Gasteiger charge is -2.43. The van der Waals surface area contributed by atoms with Crippen molar-refractivity contribution in [3.8, 4) is 11.5 Å². The second-order valence-corrected chi connectivity index (χ2v) is 6.15. The largest absolute Gasteiger partial charge is 0.493 e. The fourth-order valence-corrected chi connectivity index (χ4v) is 3.82. The monoisotopic (exact) mass is 290 g/mol. The van der Waals surface area contributed by atoms with Gasteiger partial charge >= 0.3 is 0 Å². The van der Waals surface area contributed by atoms with Gasteiger partial charge in [0, 0.05) is 31.7 Å². The van der Waals surface area contributed by atoms with E-state index in [1.165, 1.54) is 31.5 Å². The van der Waals surface area contributed by atoms with Gasteiger partial charge in [-0.15, -0.1) is 0 Å². The minimum Gasteiger partial charge on any atom is -0.493 e. The zero-order valence-corrected chi connectivity index (χ0v) is 13.3. The number of piperazine rings is 1. The molecule has 0 radical (unpaired) electrons. The molecule has 0 N–H and O–H groups in total. The number of methoxy groups -OCH3 is 2. The van der Waals surface area contributed by atoms with Crippen LogP contribution in [0.15, 0.2) is 18.2 Å². The summed E-state index contributed by atoms with van der Waals surface area (Å²) in [6, 6.07) is 7.64. The van der Waals surface area contributed by atoms with E-state index in [0.717, 1.165) is 30.6 Å². The Morgan fingerprint density at radius 2 is 1.90 bits per heavy atom. The Morgan fingerprint density at radius 1 is 1.10 bits per heavy atom. The molecule has 1 aromatic carbocycles. The summed E-state index contributed by atoms with van der Waals surface area (Å²) in [6.45, 7) is 7.03. The maximum absolute atomic E-state index is 5.41. The standard InChI is InChI=1S/C17H26N2O2/c1-13-15-5-4-8-18(15)9-10-19(13)12-14-6-7-16(20-2)17(11-14)21-3/h6-7,11,13,15H,4-5,8-10,12H2,1-3H3. The Kier molecular flexibility index (Phi) is 4.36. The molecule has 116 valence electrons. The van der Waals surface area contributed by atoms with Crippen LogP contribution in [0.5, 0.6) is 11.5 Å². The summed E-state index contributed by atoms with van der Waals surface area (Å²) in [4.78, 5) is 5.27. The molecule has 0 bridgehead atoms. The Bertz CT molecular complexity index is 492. The van der Waals surface area contributed by atoms with Gasteiger partial charge in [0.15, 0.2) is 11.5 Å². The van der Waals surface area contributed by atoms with E-state index in [9.17, 15) is 0 Å². The summed E-state index contributed by atoms with van der Waals surface area (Å²) in [5.41, 5.74) is 1.30. The van der Waals surface area contributed by atoms with Gasteiger partial charge in [0.2, 0.25) is 0 Å². The average molecular weight is 290 g/mol. The molecule has 0 saturated carbocycles. The van der Waals surface area contributed by atoms with E-state index in [-0.39, 0.29) is 0 Å². The highest BCUT2D eigenvalue weighted by atomic mass is 16.5. The molecule has 0 spiro atoms. The molecule has 1 aromatic rings. The Morgan fingerprint density at radius 3 is 2.67 bits per heavy atom. The van der Waals surface area contributed by atoms with Crippen molar-refractivity contribution in [2.45, 2.75) is 38.4 Å². The Hall–Kier alpha value is -1.26. The van der Waals surface area contributed by atoms with Gasteiger partial charge in [0.05, 0.1) is 14.2 Å². The maximum Gasteiger partial charge on any atom is 0.161 e. The van der Waals surface area contributed by atoms with Crippen molar-refractivity contribution < 1.29 is 9.47 Å². The summed E-state index contributed by atoms with van der Waals surface area (Å²) < 4.78 is 10.7. The first-order chi connectivity index (χ1) is 10.2. The van der Waals surface area contributed by atoms with Gasteiger partial charge in [-0.3, -0.25) is 9.80 Å². The van der Waals surface area contributed by atoms with Crippen LogP contribution in [-0.2, 0) is 6.54 Å². The summed E-state index contributed by atoms with van der Waals surface area (Å²) >= 11 is 0. The van der Waals surface area contributed by atoms with Crippen LogP contribution in [0.3, 0.4) is 0 Å². The zero-order chi connectivity index (χ0) is 14.8. The topological polar surface area (TPSA) is 24.9 Å². The molecule has 21 heavy (non-hydrogen) atoms. The third-order valence-electron chi connectivity index (χ3n) is 5.06. The predicted octanol–water partition coefficient (Wildman–Crippen LogP) is 2.37. The van der Waals surface area contributed by atoms with E-state index in [1.807, 2.05) is 6.07 Å². The van der Waals surface area contributed by atoms with E-state index >= 15 is 0 Å². The number of hydrogen-bond donors (Lipinski definition) is 0. The van der Waals surface area contributed by atoms with Crippen molar-refractivity contribution in [2.75, 3.05) is 33.9 Å². The van der Waals surface area contributed by atoms with E-state index in [2.05, 4.69) is 28.9 Å². The van der Waals surface area contributed by atoms with Crippen LogP contribution in [0.1, 0.15) is 25.3 Å². The molecule has 3 rings (SSSR count). The lowest BCUT2D eigenvalue weighted by atomic mass is 10.0. The number of hydrogen-bond acceptors (Lipinski definition) is 4. The molecule has 2 aliphatic heterocycles. The first-order valence-corrected chi connectivity index (χ1v) is 7.92. The van der Waals surface area contributed by atoms with Crippen molar-refractivity contribution >= 4 is 0 Å². The highest BCUT2D eigenvalue weighted by Crippen LogP contribution is 2.31. The molecule has 0 aromatic heterocycles. The minimum atomic E-state index is 0.634. The number of rotatable bonds is 4. The van der Waals surface area contributed by atoms with Crippen molar-refractivity contribution in [1.29, 1.82) is 0 Å². The van der Waals surface area contributed by atoms with Crippen molar-refractivity contribution in [3.05, 3.63) is 23.8 Å². The maximum atomic E-state index is 5.41. The van der Waals surface area contributed by atoms with Crippen LogP contribution in [0.4, 0.5) is 0 Å². The number of ether oxygens (including phenoxy) is 2. The van der Waals surface area contributed by atoms with Crippen LogP contribution in [0.2, 0.25) is 0 Å². The van der Waals surface area contributed by atoms with Crippen LogP contribution >= 0.6 is 0 Å². The number of nitrogens with zero attached hydrogens (tertiary/aromatic N) is 2. The third-order valence-corrected chi connectivity index (χ3v) is 5.06. The van der Waals surface area contributed by atoms with Gasteiger partial charge in [-0.25, -0.2) is 0 Å². The van der Waals surface area contributed by atoms with Crippen LogP contribution in [0, 0.1) is 0 Å². The first-order valence-electron chi connectivity index (χ1n) is 7.92. The minimum absolute atomic E-state index is 0.634. The average Bonchev–Trinajstić information content (AvgIpc) is 2.99. The highest BCUT2D eigenvalue weighted by molar-refractivity contribution is 5.42. The molecular formula is C17H26N2O2. The van der Waals surface area contributed by atoms with Crippen molar-refractivity contribution in [3.63, 3.8) is 0 Å². The van der Waals surface area contributed by atoms with Gasteiger partial charge in [-0.05, 0) is 44.0 Å². The molecule has 2 unspecified atom stereocenters. The van der Waals surface area contributed by atoms with E-state index in [0.29, 0.717) is 6.04 Å². The summed E-state index contributed by atoms with van der Waals surface area (Å²) in [5.74, 6) is 1.62. The number of benzene rings is 1. The predicted molar refractivity (Wildman–Crippen MR) is 84.0 cm³/mol. The fraction of sp³-hybridized carbons (Fsp3) is 0.647. The highest BCUT2D eigenvalue weighted by Gasteiger charge is 2.36. The zero-order valence-electron chi connectivity index (χ0n) is 13.3. The quantitative estimate of drug-likeness (QED) is 0.850. The van der Waals surface area contributed by atoms with Gasteiger partial charge in [-0.2, -0.15) is 0 Å². The van der Waals surface area contributed by atoms with Crippen LogP contribution in [0.25, 0.3) is 0 Å². The SMILES string of the molecule is COc1ccc(CN2CCN3CCCC3C2C)cc1OC. The molecule has 4 heteroatoms. The molecule has 2 atom stereocenters. The molecule has 2 aliphatic rings. The second kappa shape index (κ2) is 6.24. The van der Waals surface area contributed by atoms with E-state index in [1.54, 1.807) is 14.2 Å². The van der Waals surface area contributed by atoms with Crippen LogP contribution in [-0.4, -0.2) is 55.7 Å². The fourth-order valence-electron chi connectivity index (χ4n) is 3.82. The summed E-state index contributed by atoms with van der Waals surface area (Å²) in [5, 5.41) is 0. The normalized spacial score (nSPS) is 26.6. The van der Waals surface area contributed by atoms with E-state index in [4.69, 9.17) is 9.47 Å². The Labute approximate surface area is 127 Å². The van der Waals surface area contributed by atoms with Gasteiger partial charge < -0.3 is 9.47 Å². The van der Waals surface area contributed by atoms with E-state index < -0.39 is 0 Å².